The van der Waals surface area contributed by atoms with Crippen molar-refractivity contribution >= 4 is 21.5 Å². The number of carbonyl (C=O) groups is 1. The molecule has 0 N–H and O–H groups in total. The Morgan fingerprint density at radius 2 is 1.79 bits per heavy atom. The van der Waals surface area contributed by atoms with Gasteiger partial charge in [0, 0.05) is 25.5 Å². The minimum atomic E-state index is -3.74. The lowest BCUT2D eigenvalue weighted by atomic mass is 10.1. The van der Waals surface area contributed by atoms with Gasteiger partial charge in [-0.3, -0.25) is 9.10 Å². The molecule has 0 aliphatic carbocycles. The van der Waals surface area contributed by atoms with Gasteiger partial charge in [0.1, 0.15) is 11.5 Å². The number of hydrogen-bond acceptors (Lipinski definition) is 4. The molecule has 0 amide bonds. The maximum Gasteiger partial charge on any atom is 0.264 e. The molecule has 2 aromatic rings. The number of methoxy groups -OCH3 is 1. The number of carbonyl (C=O) groups excluding carboxylic acids is 1. The van der Waals surface area contributed by atoms with Crippen molar-refractivity contribution in [3.8, 4) is 5.75 Å². The molecule has 0 bridgehead atoms. The summed E-state index contributed by atoms with van der Waals surface area (Å²) >= 11 is 0. The van der Waals surface area contributed by atoms with Crippen molar-refractivity contribution in [3.63, 3.8) is 0 Å². The summed E-state index contributed by atoms with van der Waals surface area (Å²) in [7, 11) is -2.21. The predicted octanol–water partition coefficient (Wildman–Crippen LogP) is 2.71. The quantitative estimate of drug-likeness (QED) is 0.858. The minimum Gasteiger partial charge on any atom is -0.497 e. The van der Waals surface area contributed by atoms with Crippen LogP contribution in [-0.4, -0.2) is 27.9 Å². The smallest absolute Gasteiger partial charge is 0.264 e. The van der Waals surface area contributed by atoms with Crippen molar-refractivity contribution in [1.29, 1.82) is 0 Å². The first-order chi connectivity index (χ1) is 11.4. The SMILES string of the molecule is COc1ccc2c(c1)N(S(=O)(=O)c1ccc(C)cc1)CCC(=O)C2. The summed E-state index contributed by atoms with van der Waals surface area (Å²) in [6.07, 6.45) is 0.432. The third-order valence-electron chi connectivity index (χ3n) is 4.15. The molecular formula is C18H19NO4S. The Balaban J connectivity index is 2.13. The van der Waals surface area contributed by atoms with Gasteiger partial charge in [0.05, 0.1) is 17.7 Å². The number of aryl methyl sites for hydroxylation is 1. The van der Waals surface area contributed by atoms with E-state index in [-0.39, 0.29) is 30.1 Å². The zero-order valence-corrected chi connectivity index (χ0v) is 14.5. The van der Waals surface area contributed by atoms with Gasteiger partial charge >= 0.3 is 0 Å². The van der Waals surface area contributed by atoms with Crippen molar-refractivity contribution in [2.24, 2.45) is 0 Å². The van der Waals surface area contributed by atoms with Gasteiger partial charge in [0.2, 0.25) is 0 Å². The van der Waals surface area contributed by atoms with Crippen LogP contribution in [0.2, 0.25) is 0 Å². The third kappa shape index (κ3) is 3.01. The molecule has 1 aliphatic rings. The summed E-state index contributed by atoms with van der Waals surface area (Å²) in [6, 6.07) is 11.9. The van der Waals surface area contributed by atoms with Gasteiger partial charge in [0.15, 0.2) is 0 Å². The largest absolute Gasteiger partial charge is 0.497 e. The van der Waals surface area contributed by atoms with Gasteiger partial charge in [-0.2, -0.15) is 0 Å². The Kier molecular flexibility index (Phi) is 4.32. The molecule has 1 aliphatic heterocycles. The predicted molar refractivity (Wildman–Crippen MR) is 92.0 cm³/mol. The minimum absolute atomic E-state index is 0.0306. The van der Waals surface area contributed by atoms with E-state index in [9.17, 15) is 13.2 Å². The van der Waals surface area contributed by atoms with Crippen molar-refractivity contribution < 1.29 is 17.9 Å². The summed E-state index contributed by atoms with van der Waals surface area (Å²) in [6.45, 7) is 2.04. The molecule has 0 atom stereocenters. The number of ether oxygens (including phenoxy) is 1. The number of ketones is 1. The number of rotatable bonds is 3. The molecule has 0 unspecified atom stereocenters. The highest BCUT2D eigenvalue weighted by molar-refractivity contribution is 7.92. The standard InChI is InChI=1S/C18H19NO4S/c1-13-3-7-17(8-4-13)24(21,22)19-10-9-15(20)11-14-5-6-16(23-2)12-18(14)19/h3-8,12H,9-11H2,1-2H3. The second-order valence-corrected chi connectivity index (χ2v) is 7.71. The first kappa shape index (κ1) is 16.5. The van der Waals surface area contributed by atoms with E-state index in [1.807, 2.05) is 6.92 Å². The van der Waals surface area contributed by atoms with Crippen molar-refractivity contribution in [2.75, 3.05) is 18.0 Å². The second kappa shape index (κ2) is 6.28. The Morgan fingerprint density at radius 3 is 2.46 bits per heavy atom. The molecule has 6 heteroatoms. The molecule has 0 fully saturated rings. The lowest BCUT2D eigenvalue weighted by Gasteiger charge is -2.24. The van der Waals surface area contributed by atoms with Gasteiger partial charge in [0.25, 0.3) is 10.0 Å². The van der Waals surface area contributed by atoms with Crippen LogP contribution >= 0.6 is 0 Å². The highest BCUT2D eigenvalue weighted by atomic mass is 32.2. The number of nitrogens with zero attached hydrogens (tertiary/aromatic N) is 1. The number of hydrogen-bond donors (Lipinski definition) is 0. The Hall–Kier alpha value is -2.34. The van der Waals surface area contributed by atoms with Crippen LogP contribution in [0.4, 0.5) is 5.69 Å². The number of anilines is 1. The van der Waals surface area contributed by atoms with E-state index < -0.39 is 10.0 Å². The number of benzene rings is 2. The lowest BCUT2D eigenvalue weighted by Crippen LogP contribution is -2.32. The topological polar surface area (TPSA) is 63.7 Å². The van der Waals surface area contributed by atoms with Crippen LogP contribution in [0, 0.1) is 6.92 Å². The third-order valence-corrected chi connectivity index (χ3v) is 5.98. The molecule has 3 rings (SSSR count). The monoisotopic (exact) mass is 345 g/mol. The summed E-state index contributed by atoms with van der Waals surface area (Å²) in [4.78, 5) is 12.2. The number of sulfonamides is 1. The van der Waals surface area contributed by atoms with Gasteiger partial charge in [-0.05, 0) is 30.7 Å². The fourth-order valence-corrected chi connectivity index (χ4v) is 4.28. The van der Waals surface area contributed by atoms with Crippen molar-refractivity contribution in [3.05, 3.63) is 53.6 Å². The van der Waals surface area contributed by atoms with Crippen molar-refractivity contribution in [1.82, 2.24) is 0 Å². The highest BCUT2D eigenvalue weighted by Crippen LogP contribution is 2.33. The normalized spacial score (nSPS) is 14.9. The molecule has 0 spiro atoms. The van der Waals surface area contributed by atoms with Crippen molar-refractivity contribution in [2.45, 2.75) is 24.7 Å². The maximum atomic E-state index is 13.1. The van der Waals surface area contributed by atoms with E-state index in [1.165, 1.54) is 11.4 Å². The van der Waals surface area contributed by atoms with Gasteiger partial charge in [-0.25, -0.2) is 8.42 Å². The van der Waals surface area contributed by atoms with Gasteiger partial charge < -0.3 is 4.74 Å². The Labute approximate surface area is 141 Å². The zero-order chi connectivity index (χ0) is 17.3. The van der Waals surface area contributed by atoms with Crippen LogP contribution in [0.3, 0.4) is 0 Å². The number of Topliss-reactive ketones (excluding diaryl/α,β-unsaturated/α-hetero) is 1. The zero-order valence-electron chi connectivity index (χ0n) is 13.7. The molecule has 0 radical (unpaired) electrons. The summed E-state index contributed by atoms with van der Waals surface area (Å²) in [5.41, 5.74) is 2.21. The summed E-state index contributed by atoms with van der Waals surface area (Å²) in [5.74, 6) is 0.593. The Bertz CT molecular complexity index is 872. The molecule has 0 saturated heterocycles. The van der Waals surface area contributed by atoms with E-state index in [4.69, 9.17) is 4.74 Å². The molecule has 24 heavy (non-hydrogen) atoms. The van der Waals surface area contributed by atoms with E-state index >= 15 is 0 Å². The highest BCUT2D eigenvalue weighted by Gasteiger charge is 2.30. The Morgan fingerprint density at radius 1 is 1.08 bits per heavy atom. The molecular weight excluding hydrogens is 326 g/mol. The molecule has 0 aromatic heterocycles. The molecule has 2 aromatic carbocycles. The summed E-state index contributed by atoms with van der Waals surface area (Å²) in [5, 5.41) is 0. The van der Waals surface area contributed by atoms with Crippen LogP contribution < -0.4 is 9.04 Å². The average molecular weight is 345 g/mol. The maximum absolute atomic E-state index is 13.1. The second-order valence-electron chi connectivity index (χ2n) is 5.85. The van der Waals surface area contributed by atoms with Crippen LogP contribution in [0.15, 0.2) is 47.4 Å². The molecule has 1 heterocycles. The molecule has 0 saturated carbocycles. The van der Waals surface area contributed by atoms with E-state index in [2.05, 4.69) is 0 Å². The van der Waals surface area contributed by atoms with Crippen LogP contribution in [0.1, 0.15) is 17.5 Å². The average Bonchev–Trinajstić information content (AvgIpc) is 2.73. The fraction of sp³-hybridized carbons (Fsp3) is 0.278. The van der Waals surface area contributed by atoms with Gasteiger partial charge in [-0.15, -0.1) is 0 Å². The van der Waals surface area contributed by atoms with E-state index in [0.29, 0.717) is 17.0 Å². The molecule has 5 nitrogen and oxygen atoms in total. The summed E-state index contributed by atoms with van der Waals surface area (Å²) < 4.78 is 32.7. The fourth-order valence-electron chi connectivity index (χ4n) is 2.79. The van der Waals surface area contributed by atoms with Crippen LogP contribution in [-0.2, 0) is 21.2 Å². The molecule has 126 valence electrons. The van der Waals surface area contributed by atoms with Crippen LogP contribution in [0.5, 0.6) is 5.75 Å². The van der Waals surface area contributed by atoms with Crippen LogP contribution in [0.25, 0.3) is 0 Å². The van der Waals surface area contributed by atoms with E-state index in [0.717, 1.165) is 5.56 Å². The first-order valence-electron chi connectivity index (χ1n) is 7.70. The number of fused-ring (bicyclic) bond motifs is 1. The lowest BCUT2D eigenvalue weighted by molar-refractivity contribution is -0.118. The first-order valence-corrected chi connectivity index (χ1v) is 9.14. The van der Waals surface area contributed by atoms with E-state index in [1.54, 1.807) is 42.5 Å². The van der Waals surface area contributed by atoms with Gasteiger partial charge in [-0.1, -0.05) is 23.8 Å².